The molecule has 0 radical (unpaired) electrons. The first-order valence-corrected chi connectivity index (χ1v) is 10.7. The lowest BCUT2D eigenvalue weighted by atomic mass is 10.2. The van der Waals surface area contributed by atoms with Crippen LogP contribution in [-0.4, -0.2) is 31.3 Å². The molecule has 0 aliphatic carbocycles. The van der Waals surface area contributed by atoms with E-state index in [4.69, 9.17) is 0 Å². The Balaban J connectivity index is 1.40. The minimum Gasteiger partial charge on any atom is -0.301 e. The average molecular weight is 461 g/mol. The fourth-order valence-electron chi connectivity index (χ4n) is 2.61. The highest BCUT2D eigenvalue weighted by atomic mass is 32.2. The van der Waals surface area contributed by atoms with E-state index in [2.05, 4.69) is 25.5 Å². The number of anilines is 1. The number of thioether (sulfide) groups is 1. The normalized spacial score (nSPS) is 12.0. The van der Waals surface area contributed by atoms with E-state index in [0.717, 1.165) is 35.2 Å². The first-order valence-electron chi connectivity index (χ1n) is 8.96. The molecule has 158 valence electrons. The number of nitrogens with one attached hydrogen (secondary N) is 2. The van der Waals surface area contributed by atoms with Crippen LogP contribution in [0.2, 0.25) is 0 Å². The Bertz CT molecular complexity index is 1240. The zero-order valence-electron chi connectivity index (χ0n) is 15.9. The molecule has 0 bridgehead atoms. The summed E-state index contributed by atoms with van der Waals surface area (Å²) in [7, 11) is 0. The summed E-state index contributed by atoms with van der Waals surface area (Å²) in [5.74, 6) is -2.41. The van der Waals surface area contributed by atoms with Crippen LogP contribution in [0, 0.1) is 17.5 Å². The van der Waals surface area contributed by atoms with E-state index in [0.29, 0.717) is 21.5 Å². The molecule has 2 aromatic carbocycles. The van der Waals surface area contributed by atoms with Crippen molar-refractivity contribution in [2.75, 3.05) is 5.32 Å². The third kappa shape index (κ3) is 4.78. The summed E-state index contributed by atoms with van der Waals surface area (Å²) in [4.78, 5) is 21.0. The van der Waals surface area contributed by atoms with Gasteiger partial charge in [0.1, 0.15) is 5.82 Å². The monoisotopic (exact) mass is 461 g/mol. The molecular weight excluding hydrogens is 447 g/mol. The van der Waals surface area contributed by atoms with Crippen molar-refractivity contribution in [3.63, 3.8) is 0 Å². The van der Waals surface area contributed by atoms with Crippen LogP contribution in [0.4, 0.5) is 18.3 Å². The summed E-state index contributed by atoms with van der Waals surface area (Å²) in [6, 6.07) is 9.64. The Morgan fingerprint density at radius 3 is 2.68 bits per heavy atom. The Kier molecular flexibility index (Phi) is 6.05. The highest BCUT2D eigenvalue weighted by Crippen LogP contribution is 2.28. The molecule has 31 heavy (non-hydrogen) atoms. The first-order chi connectivity index (χ1) is 14.9. The molecule has 2 heterocycles. The molecule has 0 saturated heterocycles. The minimum atomic E-state index is -0.970. The fraction of sp³-hybridized carbons (Fsp3) is 0.100. The van der Waals surface area contributed by atoms with Crippen LogP contribution in [0.15, 0.2) is 53.0 Å². The van der Waals surface area contributed by atoms with Gasteiger partial charge in [0.05, 0.1) is 16.5 Å². The molecule has 1 amide bonds. The van der Waals surface area contributed by atoms with E-state index in [1.807, 2.05) is 0 Å². The average Bonchev–Trinajstić information content (AvgIpc) is 3.40. The topological polar surface area (TPSA) is 83.6 Å². The Morgan fingerprint density at radius 1 is 1.10 bits per heavy atom. The van der Waals surface area contributed by atoms with Crippen LogP contribution < -0.4 is 5.32 Å². The molecule has 6 nitrogen and oxygen atoms in total. The van der Waals surface area contributed by atoms with Gasteiger partial charge in [0.2, 0.25) is 11.1 Å². The second kappa shape index (κ2) is 8.90. The van der Waals surface area contributed by atoms with Crippen molar-refractivity contribution in [3.8, 4) is 22.6 Å². The number of hydrogen-bond acceptors (Lipinski definition) is 6. The highest BCUT2D eigenvalue weighted by Gasteiger charge is 2.19. The molecule has 0 aliphatic rings. The van der Waals surface area contributed by atoms with Gasteiger partial charge in [0, 0.05) is 10.9 Å². The number of aromatic nitrogens is 4. The summed E-state index contributed by atoms with van der Waals surface area (Å²) in [6.07, 6.45) is 0. The fourth-order valence-corrected chi connectivity index (χ4v) is 4.06. The van der Waals surface area contributed by atoms with Crippen molar-refractivity contribution in [1.29, 1.82) is 0 Å². The largest absolute Gasteiger partial charge is 0.301 e. The van der Waals surface area contributed by atoms with Crippen molar-refractivity contribution in [2.45, 2.75) is 17.3 Å². The summed E-state index contributed by atoms with van der Waals surface area (Å²) in [5.41, 5.74) is 1.11. The standard InChI is InChI=1S/C20H14F3N5OS2/c1-10(31-20-25-17(27-28-20)12-4-2-3-5-13(12)21)18(29)26-19-24-16(9-30-19)11-6-7-14(22)15(23)8-11/h2-10H,1H3,(H,24,26,29)(H,25,27,28). The van der Waals surface area contributed by atoms with Crippen LogP contribution >= 0.6 is 23.1 Å². The highest BCUT2D eigenvalue weighted by molar-refractivity contribution is 8.00. The number of halogens is 3. The maximum atomic E-state index is 13.9. The van der Waals surface area contributed by atoms with Gasteiger partial charge in [-0.3, -0.25) is 9.89 Å². The second-order valence-electron chi connectivity index (χ2n) is 6.36. The molecule has 0 fully saturated rings. The molecule has 1 atom stereocenters. The van der Waals surface area contributed by atoms with Crippen molar-refractivity contribution in [3.05, 3.63) is 65.3 Å². The van der Waals surface area contributed by atoms with Crippen LogP contribution in [0.5, 0.6) is 0 Å². The Labute approximate surface area is 183 Å². The van der Waals surface area contributed by atoms with Crippen molar-refractivity contribution in [2.24, 2.45) is 0 Å². The molecule has 2 N–H and O–H groups in total. The van der Waals surface area contributed by atoms with E-state index in [1.54, 1.807) is 30.5 Å². The van der Waals surface area contributed by atoms with Gasteiger partial charge >= 0.3 is 0 Å². The molecule has 0 aliphatic heterocycles. The molecule has 0 saturated carbocycles. The van der Waals surface area contributed by atoms with Gasteiger partial charge in [0.25, 0.3) is 0 Å². The SMILES string of the molecule is CC(Sc1n[nH]c(-c2ccccc2F)n1)C(=O)Nc1nc(-c2ccc(F)c(F)c2)cs1. The molecular formula is C20H14F3N5OS2. The van der Waals surface area contributed by atoms with Gasteiger partial charge in [-0.05, 0) is 37.3 Å². The summed E-state index contributed by atoms with van der Waals surface area (Å²) in [5, 5.41) is 11.0. The number of carbonyl (C=O) groups excluding carboxylic acids is 1. The molecule has 4 rings (SSSR count). The summed E-state index contributed by atoms with van der Waals surface area (Å²) in [6.45, 7) is 1.67. The number of amides is 1. The van der Waals surface area contributed by atoms with Crippen LogP contribution in [0.3, 0.4) is 0 Å². The molecule has 0 spiro atoms. The number of hydrogen-bond donors (Lipinski definition) is 2. The number of H-pyrrole nitrogens is 1. The van der Waals surface area contributed by atoms with E-state index >= 15 is 0 Å². The molecule has 11 heteroatoms. The Hall–Kier alpha value is -3.18. The Morgan fingerprint density at radius 2 is 1.90 bits per heavy atom. The van der Waals surface area contributed by atoms with Gasteiger partial charge in [0.15, 0.2) is 22.6 Å². The number of thiazole rings is 1. The third-order valence-electron chi connectivity index (χ3n) is 4.19. The summed E-state index contributed by atoms with van der Waals surface area (Å²) < 4.78 is 40.4. The zero-order valence-corrected chi connectivity index (χ0v) is 17.5. The minimum absolute atomic E-state index is 0.268. The second-order valence-corrected chi connectivity index (χ2v) is 8.53. The predicted octanol–water partition coefficient (Wildman–Crippen LogP) is 5.13. The van der Waals surface area contributed by atoms with Gasteiger partial charge in [-0.25, -0.2) is 23.1 Å². The summed E-state index contributed by atoms with van der Waals surface area (Å²) >= 11 is 2.26. The number of nitrogens with zero attached hydrogens (tertiary/aromatic N) is 3. The smallest absolute Gasteiger partial charge is 0.239 e. The van der Waals surface area contributed by atoms with Gasteiger partial charge in [-0.15, -0.1) is 16.4 Å². The van der Waals surface area contributed by atoms with Crippen LogP contribution in [0.1, 0.15) is 6.92 Å². The van der Waals surface area contributed by atoms with E-state index in [-0.39, 0.29) is 17.3 Å². The van der Waals surface area contributed by atoms with Gasteiger partial charge in [-0.1, -0.05) is 23.9 Å². The lowest BCUT2D eigenvalue weighted by Gasteiger charge is -2.07. The maximum Gasteiger partial charge on any atom is 0.239 e. The van der Waals surface area contributed by atoms with Gasteiger partial charge in [-0.2, -0.15) is 0 Å². The number of aromatic amines is 1. The zero-order chi connectivity index (χ0) is 22.0. The lowest BCUT2D eigenvalue weighted by Crippen LogP contribution is -2.22. The molecule has 4 aromatic rings. The first kappa shape index (κ1) is 21.1. The van der Waals surface area contributed by atoms with E-state index in [9.17, 15) is 18.0 Å². The number of benzene rings is 2. The maximum absolute atomic E-state index is 13.9. The van der Waals surface area contributed by atoms with E-state index < -0.39 is 22.7 Å². The molecule has 1 unspecified atom stereocenters. The van der Waals surface area contributed by atoms with E-state index in [1.165, 1.54) is 12.1 Å². The van der Waals surface area contributed by atoms with Gasteiger partial charge < -0.3 is 5.32 Å². The number of carbonyl (C=O) groups is 1. The van der Waals surface area contributed by atoms with Crippen molar-refractivity contribution >= 4 is 34.1 Å². The number of rotatable bonds is 6. The predicted molar refractivity (Wildman–Crippen MR) is 113 cm³/mol. The van der Waals surface area contributed by atoms with Crippen LogP contribution in [-0.2, 0) is 4.79 Å². The molecule has 2 aromatic heterocycles. The quantitative estimate of drug-likeness (QED) is 0.389. The van der Waals surface area contributed by atoms with Crippen molar-refractivity contribution in [1.82, 2.24) is 20.2 Å². The van der Waals surface area contributed by atoms with Crippen molar-refractivity contribution < 1.29 is 18.0 Å². The lowest BCUT2D eigenvalue weighted by molar-refractivity contribution is -0.115. The third-order valence-corrected chi connectivity index (χ3v) is 5.91. The van der Waals surface area contributed by atoms with Crippen LogP contribution in [0.25, 0.3) is 22.6 Å².